The molecule has 1 aromatic carbocycles. The molecule has 1 atom stereocenters. The fraction of sp³-hybridized carbons (Fsp3) is 0.455. The predicted octanol–water partition coefficient (Wildman–Crippen LogP) is 3.58. The third-order valence-electron chi connectivity index (χ3n) is 5.04. The first-order valence-corrected chi connectivity index (χ1v) is 9.85. The van der Waals surface area contributed by atoms with Gasteiger partial charge in [0.05, 0.1) is 12.2 Å². The van der Waals surface area contributed by atoms with E-state index in [1.807, 2.05) is 37.8 Å². The van der Waals surface area contributed by atoms with Crippen LogP contribution in [0.1, 0.15) is 52.0 Å². The number of rotatable bonds is 6. The molecule has 1 fully saturated rings. The van der Waals surface area contributed by atoms with Gasteiger partial charge in [0.15, 0.2) is 0 Å². The molecule has 1 saturated heterocycles. The molecule has 0 spiro atoms. The average molecular weight is 384 g/mol. The largest absolute Gasteiger partial charge is 0.494 e. The lowest BCUT2D eigenvalue weighted by molar-refractivity contribution is 0.0669. The van der Waals surface area contributed by atoms with Crippen molar-refractivity contribution in [2.75, 3.05) is 26.2 Å². The molecule has 28 heavy (non-hydrogen) atoms. The van der Waals surface area contributed by atoms with E-state index in [1.165, 1.54) is 0 Å². The zero-order chi connectivity index (χ0) is 20.1. The van der Waals surface area contributed by atoms with Crippen molar-refractivity contribution < 1.29 is 18.7 Å². The van der Waals surface area contributed by atoms with Crippen molar-refractivity contribution in [2.24, 2.45) is 5.92 Å². The van der Waals surface area contributed by atoms with Gasteiger partial charge < -0.3 is 19.4 Å². The fourth-order valence-electron chi connectivity index (χ4n) is 3.66. The third-order valence-corrected chi connectivity index (χ3v) is 5.04. The molecule has 2 aromatic rings. The number of carbonyl (C=O) groups excluding carboxylic acids is 2. The first-order chi connectivity index (χ1) is 13.5. The van der Waals surface area contributed by atoms with Crippen LogP contribution in [0.15, 0.2) is 34.7 Å². The first kappa shape index (κ1) is 20.0. The normalized spacial score (nSPS) is 16.7. The Morgan fingerprint density at radius 1 is 1.29 bits per heavy atom. The Hall–Kier alpha value is -2.76. The van der Waals surface area contributed by atoms with Gasteiger partial charge in [0.1, 0.15) is 17.3 Å². The molecule has 6 nitrogen and oxygen atoms in total. The molecule has 0 aliphatic carbocycles. The molecule has 2 heterocycles. The number of benzene rings is 1. The lowest BCUT2D eigenvalue weighted by Crippen LogP contribution is -2.43. The molecule has 0 bridgehead atoms. The number of likely N-dealkylation sites (tertiary alicyclic amines) is 1. The lowest BCUT2D eigenvalue weighted by Gasteiger charge is -2.32. The van der Waals surface area contributed by atoms with E-state index in [-0.39, 0.29) is 17.7 Å². The van der Waals surface area contributed by atoms with Crippen molar-refractivity contribution in [1.29, 1.82) is 0 Å². The van der Waals surface area contributed by atoms with Crippen LogP contribution in [0.5, 0.6) is 5.75 Å². The maximum absolute atomic E-state index is 12.8. The van der Waals surface area contributed by atoms with Gasteiger partial charge in [-0.25, -0.2) is 0 Å². The molecule has 1 N–H and O–H groups in total. The second-order valence-corrected chi connectivity index (χ2v) is 7.26. The minimum Gasteiger partial charge on any atom is -0.494 e. The van der Waals surface area contributed by atoms with Crippen LogP contribution < -0.4 is 10.1 Å². The SMILES string of the molecule is CCOc1cccc(C(=O)NCC2CCCN(C(=O)c3cc(C)oc3C)C2)c1. The first-order valence-electron chi connectivity index (χ1n) is 9.85. The van der Waals surface area contributed by atoms with E-state index < -0.39 is 0 Å². The van der Waals surface area contributed by atoms with Crippen LogP contribution in [0.25, 0.3) is 0 Å². The Morgan fingerprint density at radius 3 is 2.82 bits per heavy atom. The van der Waals surface area contributed by atoms with Crippen molar-refractivity contribution in [3.63, 3.8) is 0 Å². The number of furan rings is 1. The molecule has 1 aliphatic rings. The summed E-state index contributed by atoms with van der Waals surface area (Å²) >= 11 is 0. The van der Waals surface area contributed by atoms with Gasteiger partial charge in [-0.05, 0) is 63.8 Å². The van der Waals surface area contributed by atoms with E-state index in [9.17, 15) is 9.59 Å². The van der Waals surface area contributed by atoms with Gasteiger partial charge in [-0.2, -0.15) is 0 Å². The molecule has 150 valence electrons. The summed E-state index contributed by atoms with van der Waals surface area (Å²) in [4.78, 5) is 27.1. The quantitative estimate of drug-likeness (QED) is 0.826. The number of nitrogens with one attached hydrogen (secondary N) is 1. The number of aryl methyl sites for hydroxylation is 2. The Morgan fingerprint density at radius 2 is 2.11 bits per heavy atom. The number of nitrogens with zero attached hydrogens (tertiary/aromatic N) is 1. The molecule has 1 aromatic heterocycles. The Labute approximate surface area is 165 Å². The van der Waals surface area contributed by atoms with E-state index in [4.69, 9.17) is 9.15 Å². The number of hydrogen-bond donors (Lipinski definition) is 1. The molecule has 0 radical (unpaired) electrons. The molecule has 3 rings (SSSR count). The highest BCUT2D eigenvalue weighted by Crippen LogP contribution is 2.22. The van der Waals surface area contributed by atoms with Gasteiger partial charge >= 0.3 is 0 Å². The molecule has 0 saturated carbocycles. The summed E-state index contributed by atoms with van der Waals surface area (Å²) in [5, 5.41) is 3.00. The number of piperidine rings is 1. The van der Waals surface area contributed by atoms with E-state index in [2.05, 4.69) is 5.32 Å². The second-order valence-electron chi connectivity index (χ2n) is 7.26. The standard InChI is InChI=1S/C22H28N2O4/c1-4-27-19-9-5-8-18(12-19)21(25)23-13-17-7-6-10-24(14-17)22(26)20-11-15(2)28-16(20)3/h5,8-9,11-12,17H,4,6-7,10,13-14H2,1-3H3,(H,23,25). The molecular weight excluding hydrogens is 356 g/mol. The predicted molar refractivity (Wildman–Crippen MR) is 107 cm³/mol. The number of ether oxygens (including phenoxy) is 1. The number of amides is 2. The Kier molecular flexibility index (Phi) is 6.39. The fourth-order valence-corrected chi connectivity index (χ4v) is 3.66. The Bertz CT molecular complexity index is 843. The van der Waals surface area contributed by atoms with Gasteiger partial charge in [-0.3, -0.25) is 9.59 Å². The van der Waals surface area contributed by atoms with Crippen molar-refractivity contribution in [2.45, 2.75) is 33.6 Å². The monoisotopic (exact) mass is 384 g/mol. The maximum atomic E-state index is 12.8. The van der Waals surface area contributed by atoms with Gasteiger partial charge in [0, 0.05) is 25.2 Å². The summed E-state index contributed by atoms with van der Waals surface area (Å²) in [6.45, 7) is 8.06. The van der Waals surface area contributed by atoms with Crippen LogP contribution in [-0.2, 0) is 0 Å². The van der Waals surface area contributed by atoms with Crippen LogP contribution in [0.3, 0.4) is 0 Å². The van der Waals surface area contributed by atoms with Crippen molar-refractivity contribution in [1.82, 2.24) is 10.2 Å². The van der Waals surface area contributed by atoms with Gasteiger partial charge in [-0.15, -0.1) is 0 Å². The van der Waals surface area contributed by atoms with Crippen LogP contribution in [0.4, 0.5) is 0 Å². The van der Waals surface area contributed by atoms with Gasteiger partial charge in [-0.1, -0.05) is 6.07 Å². The zero-order valence-electron chi connectivity index (χ0n) is 16.8. The van der Waals surface area contributed by atoms with Crippen molar-refractivity contribution in [3.8, 4) is 5.75 Å². The molecule has 2 amide bonds. The number of hydrogen-bond acceptors (Lipinski definition) is 4. The average Bonchev–Trinajstić information content (AvgIpc) is 3.04. The highest BCUT2D eigenvalue weighted by Gasteiger charge is 2.27. The number of carbonyl (C=O) groups is 2. The van der Waals surface area contributed by atoms with Crippen LogP contribution in [0.2, 0.25) is 0 Å². The van der Waals surface area contributed by atoms with Crippen molar-refractivity contribution in [3.05, 3.63) is 53.0 Å². The summed E-state index contributed by atoms with van der Waals surface area (Å²) < 4.78 is 10.9. The summed E-state index contributed by atoms with van der Waals surface area (Å²) in [5.41, 5.74) is 1.22. The summed E-state index contributed by atoms with van der Waals surface area (Å²) in [6.07, 6.45) is 1.93. The summed E-state index contributed by atoms with van der Waals surface area (Å²) in [5.74, 6) is 2.23. The minimum absolute atomic E-state index is 0.00907. The van der Waals surface area contributed by atoms with Gasteiger partial charge in [0.2, 0.25) is 0 Å². The third kappa shape index (κ3) is 4.74. The smallest absolute Gasteiger partial charge is 0.257 e. The van der Waals surface area contributed by atoms with Crippen LogP contribution in [-0.4, -0.2) is 43.0 Å². The molecule has 1 aliphatic heterocycles. The van der Waals surface area contributed by atoms with Crippen LogP contribution in [0, 0.1) is 19.8 Å². The molecule has 6 heteroatoms. The topological polar surface area (TPSA) is 71.8 Å². The highest BCUT2D eigenvalue weighted by molar-refractivity contribution is 5.95. The summed E-state index contributed by atoms with van der Waals surface area (Å²) in [6, 6.07) is 8.98. The maximum Gasteiger partial charge on any atom is 0.257 e. The minimum atomic E-state index is -0.119. The zero-order valence-corrected chi connectivity index (χ0v) is 16.8. The second kappa shape index (κ2) is 8.95. The molecular formula is C22H28N2O4. The van der Waals surface area contributed by atoms with Gasteiger partial charge in [0.25, 0.3) is 11.8 Å². The van der Waals surface area contributed by atoms with E-state index in [0.29, 0.717) is 42.3 Å². The Balaban J connectivity index is 1.56. The van der Waals surface area contributed by atoms with E-state index in [0.717, 1.165) is 25.1 Å². The molecule has 1 unspecified atom stereocenters. The lowest BCUT2D eigenvalue weighted by atomic mass is 9.97. The van der Waals surface area contributed by atoms with E-state index in [1.54, 1.807) is 18.2 Å². The highest BCUT2D eigenvalue weighted by atomic mass is 16.5. The van der Waals surface area contributed by atoms with Crippen molar-refractivity contribution >= 4 is 11.8 Å². The summed E-state index contributed by atoms with van der Waals surface area (Å²) in [7, 11) is 0. The van der Waals surface area contributed by atoms with E-state index >= 15 is 0 Å². The van der Waals surface area contributed by atoms with Crippen LogP contribution >= 0.6 is 0 Å².